The lowest BCUT2D eigenvalue weighted by Gasteiger charge is -2.38. The van der Waals surface area contributed by atoms with E-state index in [1.807, 2.05) is 0 Å². The molecule has 0 aromatic carbocycles. The van der Waals surface area contributed by atoms with Crippen molar-refractivity contribution in [3.8, 4) is 0 Å². The van der Waals surface area contributed by atoms with Gasteiger partial charge in [-0.1, -0.05) is 26.2 Å². The highest BCUT2D eigenvalue weighted by molar-refractivity contribution is 7.99. The van der Waals surface area contributed by atoms with Crippen LogP contribution in [0.2, 0.25) is 0 Å². The third-order valence-corrected chi connectivity index (χ3v) is 5.12. The van der Waals surface area contributed by atoms with Gasteiger partial charge in [0.25, 0.3) is 0 Å². The highest BCUT2D eigenvalue weighted by Crippen LogP contribution is 2.40. The van der Waals surface area contributed by atoms with Crippen LogP contribution in [0.3, 0.4) is 0 Å². The fraction of sp³-hybridized carbons (Fsp3) is 1.00. The molecule has 1 atom stereocenters. The van der Waals surface area contributed by atoms with Gasteiger partial charge in [-0.15, -0.1) is 4.91 Å². The van der Waals surface area contributed by atoms with E-state index < -0.39 is 0 Å². The molecule has 5 nitrogen and oxygen atoms in total. The first-order valence-electron chi connectivity index (χ1n) is 7.69. The number of hydrogen-bond acceptors (Lipinski definition) is 6. The van der Waals surface area contributed by atoms with E-state index in [-0.39, 0.29) is 11.4 Å². The molecule has 0 aromatic heterocycles. The fourth-order valence-electron chi connectivity index (χ4n) is 3.09. The van der Waals surface area contributed by atoms with Crippen molar-refractivity contribution < 1.29 is 5.11 Å². The Morgan fingerprint density at radius 2 is 2.10 bits per heavy atom. The van der Waals surface area contributed by atoms with Crippen molar-refractivity contribution >= 4 is 11.9 Å². The van der Waals surface area contributed by atoms with E-state index in [1.54, 1.807) is 0 Å². The first-order chi connectivity index (χ1) is 9.65. The highest BCUT2D eigenvalue weighted by Gasteiger charge is 2.35. The largest absolute Gasteiger partial charge is 0.395 e. The first kappa shape index (κ1) is 17.9. The number of rotatable bonds is 10. The minimum atomic E-state index is 0.0179. The molecule has 0 radical (unpaired) electrons. The molecule has 6 heteroatoms. The zero-order valence-electron chi connectivity index (χ0n) is 12.8. The van der Waals surface area contributed by atoms with Gasteiger partial charge in [-0.05, 0) is 26.3 Å². The van der Waals surface area contributed by atoms with Crippen LogP contribution < -0.4 is 5.32 Å². The van der Waals surface area contributed by atoms with E-state index in [0.29, 0.717) is 12.6 Å². The average molecular weight is 303 g/mol. The van der Waals surface area contributed by atoms with Crippen molar-refractivity contribution in [2.75, 3.05) is 33.3 Å². The summed E-state index contributed by atoms with van der Waals surface area (Å²) in [6.45, 7) is 4.83. The Kier molecular flexibility index (Phi) is 8.68. The van der Waals surface area contributed by atoms with E-state index in [2.05, 4.69) is 28.8 Å². The molecule has 1 aliphatic carbocycles. The molecule has 2 N–H and O–H groups in total. The van der Waals surface area contributed by atoms with Gasteiger partial charge >= 0.3 is 0 Å². The predicted molar refractivity (Wildman–Crippen MR) is 85.9 cm³/mol. The Balaban J connectivity index is 2.47. The van der Waals surface area contributed by atoms with Gasteiger partial charge in [0.2, 0.25) is 0 Å². The van der Waals surface area contributed by atoms with Crippen molar-refractivity contribution in [2.24, 2.45) is 4.58 Å². The van der Waals surface area contributed by atoms with Gasteiger partial charge in [0, 0.05) is 42.2 Å². The topological polar surface area (TPSA) is 64.9 Å². The second-order valence-electron chi connectivity index (χ2n) is 5.89. The van der Waals surface area contributed by atoms with Crippen LogP contribution in [-0.2, 0) is 0 Å². The van der Waals surface area contributed by atoms with Gasteiger partial charge in [0.15, 0.2) is 0 Å². The molecule has 1 rings (SSSR count). The SMILES string of the molecule is CCC(CN(C)CC1(SN=O)CCCCC1)NCCO. The Hall–Kier alpha value is -0.170. The van der Waals surface area contributed by atoms with Crippen LogP contribution in [-0.4, -0.2) is 54.1 Å². The van der Waals surface area contributed by atoms with Crippen molar-refractivity contribution in [1.29, 1.82) is 0 Å². The van der Waals surface area contributed by atoms with Crippen LogP contribution >= 0.6 is 11.9 Å². The molecule has 0 aliphatic heterocycles. The maximum absolute atomic E-state index is 10.7. The minimum absolute atomic E-state index is 0.0179. The molecule has 0 aromatic rings. The maximum atomic E-state index is 10.7. The fourth-order valence-corrected chi connectivity index (χ4v) is 4.00. The van der Waals surface area contributed by atoms with Crippen molar-refractivity contribution in [3.63, 3.8) is 0 Å². The normalized spacial score (nSPS) is 20.0. The molecule has 118 valence electrons. The lowest BCUT2D eigenvalue weighted by molar-refractivity contribution is 0.223. The molecule has 1 fully saturated rings. The molecule has 0 amide bonds. The summed E-state index contributed by atoms with van der Waals surface area (Å²) in [7, 11) is 2.12. The van der Waals surface area contributed by atoms with E-state index in [1.165, 1.54) is 31.2 Å². The molecule has 0 spiro atoms. The van der Waals surface area contributed by atoms with Crippen LogP contribution in [0.4, 0.5) is 0 Å². The number of nitrogens with one attached hydrogen (secondary N) is 1. The summed E-state index contributed by atoms with van der Waals surface area (Å²) < 4.78 is 3.14. The van der Waals surface area contributed by atoms with Crippen LogP contribution in [0.5, 0.6) is 0 Å². The van der Waals surface area contributed by atoms with Crippen LogP contribution in [0.1, 0.15) is 45.4 Å². The van der Waals surface area contributed by atoms with E-state index in [4.69, 9.17) is 5.11 Å². The second-order valence-corrected chi connectivity index (χ2v) is 7.09. The quantitative estimate of drug-likeness (QED) is 0.479. The Labute approximate surface area is 127 Å². The number of likely N-dealkylation sites (N-methyl/N-ethyl adjacent to an activating group) is 1. The molecule has 1 saturated carbocycles. The Morgan fingerprint density at radius 3 is 2.65 bits per heavy atom. The monoisotopic (exact) mass is 303 g/mol. The molecule has 20 heavy (non-hydrogen) atoms. The zero-order chi connectivity index (χ0) is 14.8. The summed E-state index contributed by atoms with van der Waals surface area (Å²) in [6, 6.07) is 0.391. The summed E-state index contributed by atoms with van der Waals surface area (Å²) in [5.74, 6) is 0. The van der Waals surface area contributed by atoms with E-state index in [9.17, 15) is 4.91 Å². The van der Waals surface area contributed by atoms with Gasteiger partial charge in [-0.3, -0.25) is 0 Å². The molecule has 0 saturated heterocycles. The summed E-state index contributed by atoms with van der Waals surface area (Å²) >= 11 is 1.25. The summed E-state index contributed by atoms with van der Waals surface area (Å²) in [5.41, 5.74) is 0. The molecular weight excluding hydrogens is 274 g/mol. The van der Waals surface area contributed by atoms with Crippen molar-refractivity contribution in [3.05, 3.63) is 4.91 Å². The van der Waals surface area contributed by atoms with Gasteiger partial charge in [-0.2, -0.15) is 0 Å². The Bertz CT molecular complexity index is 273. The highest BCUT2D eigenvalue weighted by atomic mass is 32.2. The maximum Gasteiger partial charge on any atom is 0.0556 e. The molecule has 0 heterocycles. The van der Waals surface area contributed by atoms with Crippen molar-refractivity contribution in [1.82, 2.24) is 10.2 Å². The van der Waals surface area contributed by atoms with Crippen LogP contribution in [0, 0.1) is 4.91 Å². The number of nitrogens with zero attached hydrogens (tertiary/aromatic N) is 2. The first-order valence-corrected chi connectivity index (χ1v) is 8.47. The average Bonchev–Trinajstić information content (AvgIpc) is 2.44. The molecule has 0 bridgehead atoms. The third kappa shape index (κ3) is 6.08. The standard InChI is InChI=1S/C14H29N3O2S/c1-3-13(15-9-10-18)11-17(2)12-14(20-16-19)7-5-4-6-8-14/h13,15,18H,3-12H2,1-2H3. The summed E-state index contributed by atoms with van der Waals surface area (Å²) in [6.07, 6.45) is 6.91. The predicted octanol–water partition coefficient (Wildman–Crippen LogP) is 2.40. The summed E-state index contributed by atoms with van der Waals surface area (Å²) in [4.78, 5) is 13.0. The molecule has 1 unspecified atom stereocenters. The smallest absolute Gasteiger partial charge is 0.0556 e. The summed E-state index contributed by atoms with van der Waals surface area (Å²) in [5, 5.41) is 12.2. The van der Waals surface area contributed by atoms with Gasteiger partial charge in [0.05, 0.1) is 11.4 Å². The van der Waals surface area contributed by atoms with E-state index in [0.717, 1.165) is 32.4 Å². The van der Waals surface area contributed by atoms with Crippen molar-refractivity contribution in [2.45, 2.75) is 56.2 Å². The molecular formula is C14H29N3O2S. The number of hydrogen-bond donors (Lipinski definition) is 2. The lowest BCUT2D eigenvalue weighted by Crippen LogP contribution is -2.46. The lowest BCUT2D eigenvalue weighted by atomic mass is 9.88. The number of aliphatic hydroxyl groups excluding tert-OH is 1. The minimum Gasteiger partial charge on any atom is -0.395 e. The number of nitroso groups, excluding NO2 is 1. The van der Waals surface area contributed by atoms with Gasteiger partial charge < -0.3 is 15.3 Å². The van der Waals surface area contributed by atoms with Gasteiger partial charge in [-0.25, -0.2) is 0 Å². The van der Waals surface area contributed by atoms with Crippen LogP contribution in [0.25, 0.3) is 0 Å². The Morgan fingerprint density at radius 1 is 1.40 bits per heavy atom. The molecule has 1 aliphatic rings. The second kappa shape index (κ2) is 9.71. The van der Waals surface area contributed by atoms with Gasteiger partial charge in [0.1, 0.15) is 0 Å². The zero-order valence-corrected chi connectivity index (χ0v) is 13.6. The van der Waals surface area contributed by atoms with E-state index >= 15 is 0 Å². The third-order valence-electron chi connectivity index (χ3n) is 4.12. The number of aliphatic hydroxyl groups is 1. The van der Waals surface area contributed by atoms with Crippen LogP contribution in [0.15, 0.2) is 4.58 Å².